The lowest BCUT2D eigenvalue weighted by atomic mass is 10.0. The summed E-state index contributed by atoms with van der Waals surface area (Å²) in [6, 6.07) is 3.42. The van der Waals surface area contributed by atoms with Crippen LogP contribution in [0.25, 0.3) is 0 Å². The molecule has 14 heavy (non-hydrogen) atoms. The molecule has 4 nitrogen and oxygen atoms in total. The summed E-state index contributed by atoms with van der Waals surface area (Å²) in [6.45, 7) is 0.122. The maximum Gasteiger partial charge on any atom is 0.310 e. The predicted molar refractivity (Wildman–Crippen MR) is 48.2 cm³/mol. The van der Waals surface area contributed by atoms with E-state index in [1.54, 1.807) is 12.1 Å². The van der Waals surface area contributed by atoms with Crippen LogP contribution in [-0.4, -0.2) is 18.2 Å². The van der Waals surface area contributed by atoms with E-state index in [-0.39, 0.29) is 24.7 Å². The standard InChI is InChI=1S/C10H10O4/c1-13-8-3-2-6-4-9(11)14-5-7(6)10(8)12/h2-3,12H,4-5H2,1H3. The Morgan fingerprint density at radius 2 is 2.29 bits per heavy atom. The Morgan fingerprint density at radius 1 is 1.50 bits per heavy atom. The zero-order valence-electron chi connectivity index (χ0n) is 7.74. The van der Waals surface area contributed by atoms with Crippen LogP contribution in [0.2, 0.25) is 0 Å². The van der Waals surface area contributed by atoms with Crippen molar-refractivity contribution in [3.63, 3.8) is 0 Å². The Balaban J connectivity index is 2.48. The van der Waals surface area contributed by atoms with E-state index < -0.39 is 0 Å². The lowest BCUT2D eigenvalue weighted by Gasteiger charge is -2.18. The molecule has 1 aromatic carbocycles. The molecular weight excluding hydrogens is 184 g/mol. The second-order valence-corrected chi connectivity index (χ2v) is 3.09. The van der Waals surface area contributed by atoms with Crippen molar-refractivity contribution in [3.05, 3.63) is 23.3 Å². The average Bonchev–Trinajstić information content (AvgIpc) is 2.18. The minimum absolute atomic E-state index is 0.0671. The van der Waals surface area contributed by atoms with Gasteiger partial charge in [-0.2, -0.15) is 0 Å². The van der Waals surface area contributed by atoms with Gasteiger partial charge in [0.05, 0.1) is 13.5 Å². The SMILES string of the molecule is COc1ccc2c(c1O)COC(=O)C2. The molecule has 0 aromatic heterocycles. The summed E-state index contributed by atoms with van der Waals surface area (Å²) in [6.07, 6.45) is 0.215. The van der Waals surface area contributed by atoms with Crippen molar-refractivity contribution in [1.29, 1.82) is 0 Å². The van der Waals surface area contributed by atoms with Crippen LogP contribution < -0.4 is 4.74 Å². The molecule has 0 fully saturated rings. The number of rotatable bonds is 1. The fourth-order valence-electron chi connectivity index (χ4n) is 1.51. The summed E-state index contributed by atoms with van der Waals surface area (Å²) in [5, 5.41) is 9.70. The molecule has 1 aliphatic heterocycles. The molecule has 0 bridgehead atoms. The number of esters is 1. The zero-order chi connectivity index (χ0) is 10.1. The first-order chi connectivity index (χ1) is 6.72. The normalized spacial score (nSPS) is 14.5. The Hall–Kier alpha value is -1.71. The summed E-state index contributed by atoms with van der Waals surface area (Å²) in [5.74, 6) is 0.210. The van der Waals surface area contributed by atoms with Gasteiger partial charge >= 0.3 is 5.97 Å². The molecule has 4 heteroatoms. The first kappa shape index (κ1) is 8.87. The number of methoxy groups -OCH3 is 1. The van der Waals surface area contributed by atoms with Gasteiger partial charge < -0.3 is 14.6 Å². The first-order valence-electron chi connectivity index (χ1n) is 4.25. The van der Waals surface area contributed by atoms with Crippen LogP contribution in [0.4, 0.5) is 0 Å². The molecule has 2 rings (SSSR count). The second kappa shape index (κ2) is 3.21. The van der Waals surface area contributed by atoms with E-state index in [1.807, 2.05) is 0 Å². The number of fused-ring (bicyclic) bond motifs is 1. The molecule has 1 N–H and O–H groups in total. The predicted octanol–water partition coefficient (Wildman–Crippen LogP) is 1.00. The maximum atomic E-state index is 11.0. The van der Waals surface area contributed by atoms with E-state index in [0.717, 1.165) is 5.56 Å². The quantitative estimate of drug-likeness (QED) is 0.677. The van der Waals surface area contributed by atoms with Gasteiger partial charge in [-0.05, 0) is 11.6 Å². The fraction of sp³-hybridized carbons (Fsp3) is 0.300. The van der Waals surface area contributed by atoms with E-state index in [2.05, 4.69) is 0 Å². The van der Waals surface area contributed by atoms with Crippen molar-refractivity contribution >= 4 is 5.97 Å². The molecule has 0 unspecified atom stereocenters. The number of aromatic hydroxyl groups is 1. The summed E-state index contributed by atoms with van der Waals surface area (Å²) < 4.78 is 9.78. The van der Waals surface area contributed by atoms with Crippen LogP contribution >= 0.6 is 0 Å². The van der Waals surface area contributed by atoms with Crippen LogP contribution in [0, 0.1) is 0 Å². The summed E-state index contributed by atoms with van der Waals surface area (Å²) >= 11 is 0. The molecule has 1 heterocycles. The van der Waals surface area contributed by atoms with E-state index in [0.29, 0.717) is 11.3 Å². The molecular formula is C10H10O4. The zero-order valence-corrected chi connectivity index (χ0v) is 7.74. The monoisotopic (exact) mass is 194 g/mol. The number of phenolic OH excluding ortho intramolecular Hbond substituents is 1. The lowest BCUT2D eigenvalue weighted by molar-refractivity contribution is -0.145. The van der Waals surface area contributed by atoms with E-state index in [9.17, 15) is 9.90 Å². The van der Waals surface area contributed by atoms with Gasteiger partial charge in [-0.1, -0.05) is 6.07 Å². The molecule has 0 aliphatic carbocycles. The summed E-state index contributed by atoms with van der Waals surface area (Å²) in [7, 11) is 1.48. The Kier molecular flexibility index (Phi) is 2.04. The highest BCUT2D eigenvalue weighted by Gasteiger charge is 2.21. The van der Waals surface area contributed by atoms with Crippen LogP contribution in [0.1, 0.15) is 11.1 Å². The summed E-state index contributed by atoms with van der Waals surface area (Å²) in [4.78, 5) is 11.0. The molecule has 1 aliphatic rings. The van der Waals surface area contributed by atoms with Crippen molar-refractivity contribution in [2.45, 2.75) is 13.0 Å². The fourth-order valence-corrected chi connectivity index (χ4v) is 1.51. The maximum absolute atomic E-state index is 11.0. The van der Waals surface area contributed by atoms with Crippen molar-refractivity contribution < 1.29 is 19.4 Å². The minimum Gasteiger partial charge on any atom is -0.504 e. The van der Waals surface area contributed by atoms with Crippen LogP contribution in [0.15, 0.2) is 12.1 Å². The van der Waals surface area contributed by atoms with Gasteiger partial charge in [0.2, 0.25) is 0 Å². The molecule has 0 atom stereocenters. The number of ether oxygens (including phenoxy) is 2. The highest BCUT2D eigenvalue weighted by molar-refractivity contribution is 5.75. The molecule has 0 radical (unpaired) electrons. The molecule has 74 valence electrons. The summed E-state index contributed by atoms with van der Waals surface area (Å²) in [5.41, 5.74) is 1.45. The van der Waals surface area contributed by atoms with E-state index in [1.165, 1.54) is 7.11 Å². The van der Waals surface area contributed by atoms with Gasteiger partial charge in [-0.15, -0.1) is 0 Å². The van der Waals surface area contributed by atoms with Gasteiger partial charge in [0, 0.05) is 5.56 Å². The topological polar surface area (TPSA) is 55.8 Å². The lowest BCUT2D eigenvalue weighted by Crippen LogP contribution is -2.16. The molecule has 0 spiro atoms. The van der Waals surface area contributed by atoms with E-state index >= 15 is 0 Å². The van der Waals surface area contributed by atoms with Crippen LogP contribution in [0.5, 0.6) is 11.5 Å². The van der Waals surface area contributed by atoms with Gasteiger partial charge in [-0.25, -0.2) is 0 Å². The molecule has 0 saturated carbocycles. The smallest absolute Gasteiger partial charge is 0.310 e. The van der Waals surface area contributed by atoms with Crippen molar-refractivity contribution in [1.82, 2.24) is 0 Å². The highest BCUT2D eigenvalue weighted by atomic mass is 16.5. The Bertz CT molecular complexity index is 384. The number of hydrogen-bond acceptors (Lipinski definition) is 4. The highest BCUT2D eigenvalue weighted by Crippen LogP contribution is 2.34. The van der Waals surface area contributed by atoms with Gasteiger partial charge in [0.25, 0.3) is 0 Å². The third kappa shape index (κ3) is 1.28. The number of carbonyl (C=O) groups excluding carboxylic acids is 1. The van der Waals surface area contributed by atoms with Gasteiger partial charge in [-0.3, -0.25) is 4.79 Å². The Morgan fingerprint density at radius 3 is 3.00 bits per heavy atom. The van der Waals surface area contributed by atoms with Crippen molar-refractivity contribution in [2.75, 3.05) is 7.11 Å². The second-order valence-electron chi connectivity index (χ2n) is 3.09. The molecule has 1 aromatic rings. The van der Waals surface area contributed by atoms with Crippen molar-refractivity contribution in [2.24, 2.45) is 0 Å². The first-order valence-corrected chi connectivity index (χ1v) is 4.25. The number of phenols is 1. The number of cyclic esters (lactones) is 1. The third-order valence-electron chi connectivity index (χ3n) is 2.27. The van der Waals surface area contributed by atoms with Crippen LogP contribution in [0.3, 0.4) is 0 Å². The molecule has 0 saturated heterocycles. The van der Waals surface area contributed by atoms with Gasteiger partial charge in [0.15, 0.2) is 11.5 Å². The minimum atomic E-state index is -0.262. The van der Waals surface area contributed by atoms with Gasteiger partial charge in [0.1, 0.15) is 6.61 Å². The Labute approximate surface area is 81.1 Å². The largest absolute Gasteiger partial charge is 0.504 e. The third-order valence-corrected chi connectivity index (χ3v) is 2.27. The van der Waals surface area contributed by atoms with Crippen LogP contribution in [-0.2, 0) is 22.6 Å². The van der Waals surface area contributed by atoms with Crippen molar-refractivity contribution in [3.8, 4) is 11.5 Å². The molecule has 0 amide bonds. The average molecular weight is 194 g/mol. The number of benzene rings is 1. The van der Waals surface area contributed by atoms with E-state index in [4.69, 9.17) is 9.47 Å². The number of carbonyl (C=O) groups is 1. The number of hydrogen-bond donors (Lipinski definition) is 1.